The maximum atomic E-state index is 11.8. The molecule has 0 aromatic carbocycles. The van der Waals surface area contributed by atoms with Crippen LogP contribution >= 0.6 is 11.3 Å². The van der Waals surface area contributed by atoms with Crippen LogP contribution in [-0.2, 0) is 0 Å². The lowest BCUT2D eigenvalue weighted by Gasteiger charge is -2.02. The zero-order chi connectivity index (χ0) is 13.5. The van der Waals surface area contributed by atoms with E-state index >= 15 is 0 Å². The molecule has 1 amide bonds. The van der Waals surface area contributed by atoms with Gasteiger partial charge in [0.1, 0.15) is 11.5 Å². The number of amides is 1. The summed E-state index contributed by atoms with van der Waals surface area (Å²) in [5.41, 5.74) is 1.18. The maximum Gasteiger partial charge on any atom is 0.257 e. The SMILES string of the molecule is O=C(Nc1cccc(C#CCCO)n1)c1ccsc1. The number of nitrogens with one attached hydrogen (secondary N) is 1. The van der Waals surface area contributed by atoms with Crippen LogP contribution in [0.5, 0.6) is 0 Å². The second-order valence-corrected chi connectivity index (χ2v) is 4.43. The van der Waals surface area contributed by atoms with Gasteiger partial charge in [-0.1, -0.05) is 12.0 Å². The second-order valence-electron chi connectivity index (χ2n) is 3.65. The average molecular weight is 272 g/mol. The van der Waals surface area contributed by atoms with Crippen LogP contribution in [0.4, 0.5) is 5.82 Å². The highest BCUT2D eigenvalue weighted by atomic mass is 32.1. The number of aromatic nitrogens is 1. The fraction of sp³-hybridized carbons (Fsp3) is 0.143. The van der Waals surface area contributed by atoms with Crippen LogP contribution in [0.25, 0.3) is 0 Å². The smallest absolute Gasteiger partial charge is 0.257 e. The van der Waals surface area contributed by atoms with Crippen LogP contribution in [0, 0.1) is 11.8 Å². The van der Waals surface area contributed by atoms with Gasteiger partial charge < -0.3 is 10.4 Å². The molecule has 4 nitrogen and oxygen atoms in total. The minimum atomic E-state index is -0.186. The number of hydrogen-bond acceptors (Lipinski definition) is 4. The molecule has 96 valence electrons. The van der Waals surface area contributed by atoms with Gasteiger partial charge in [-0.2, -0.15) is 11.3 Å². The van der Waals surface area contributed by atoms with Gasteiger partial charge in [-0.3, -0.25) is 4.79 Å². The van der Waals surface area contributed by atoms with Crippen molar-refractivity contribution in [1.29, 1.82) is 0 Å². The topological polar surface area (TPSA) is 62.2 Å². The lowest BCUT2D eigenvalue weighted by atomic mass is 10.3. The van der Waals surface area contributed by atoms with E-state index in [1.54, 1.807) is 29.6 Å². The number of carbonyl (C=O) groups is 1. The molecular formula is C14H12N2O2S. The molecule has 0 aliphatic rings. The third-order valence-electron chi connectivity index (χ3n) is 2.23. The fourth-order valence-electron chi connectivity index (χ4n) is 1.37. The van der Waals surface area contributed by atoms with Crippen molar-refractivity contribution in [2.24, 2.45) is 0 Å². The highest BCUT2D eigenvalue weighted by molar-refractivity contribution is 7.08. The molecule has 0 aliphatic heterocycles. The van der Waals surface area contributed by atoms with E-state index in [0.717, 1.165) is 0 Å². The van der Waals surface area contributed by atoms with Crippen LogP contribution in [0.15, 0.2) is 35.0 Å². The van der Waals surface area contributed by atoms with E-state index in [-0.39, 0.29) is 12.5 Å². The first kappa shape index (κ1) is 13.3. The standard InChI is InChI=1S/C14H12N2O2S/c17-8-2-1-4-12-5-3-6-13(15-12)16-14(18)11-7-9-19-10-11/h3,5-7,9-10,17H,2,8H2,(H,15,16,18). The van der Waals surface area contributed by atoms with Crippen molar-refractivity contribution in [2.45, 2.75) is 6.42 Å². The van der Waals surface area contributed by atoms with Crippen LogP contribution < -0.4 is 5.32 Å². The largest absolute Gasteiger partial charge is 0.395 e. The Hall–Kier alpha value is -2.16. The molecule has 0 radical (unpaired) electrons. The van der Waals surface area contributed by atoms with E-state index in [2.05, 4.69) is 22.1 Å². The summed E-state index contributed by atoms with van der Waals surface area (Å²) in [4.78, 5) is 16.0. The van der Waals surface area contributed by atoms with Gasteiger partial charge in [-0.25, -0.2) is 4.98 Å². The summed E-state index contributed by atoms with van der Waals surface area (Å²) in [5.74, 6) is 5.89. The second kappa shape index (κ2) is 6.69. The van der Waals surface area contributed by atoms with E-state index in [9.17, 15) is 4.79 Å². The summed E-state index contributed by atoms with van der Waals surface area (Å²) < 4.78 is 0. The molecule has 19 heavy (non-hydrogen) atoms. The third-order valence-corrected chi connectivity index (χ3v) is 2.91. The Morgan fingerprint density at radius 2 is 2.32 bits per heavy atom. The molecule has 0 saturated carbocycles. The van der Waals surface area contributed by atoms with E-state index in [4.69, 9.17) is 5.11 Å². The third kappa shape index (κ3) is 3.91. The van der Waals surface area contributed by atoms with E-state index in [1.807, 2.05) is 5.38 Å². The Bertz CT molecular complexity index is 612. The number of carbonyl (C=O) groups excluding carboxylic acids is 1. The lowest BCUT2D eigenvalue weighted by molar-refractivity contribution is 0.102. The number of anilines is 1. The molecular weight excluding hydrogens is 260 g/mol. The van der Waals surface area contributed by atoms with Crippen molar-refractivity contribution in [3.05, 3.63) is 46.3 Å². The maximum absolute atomic E-state index is 11.8. The van der Waals surface area contributed by atoms with Gasteiger partial charge in [-0.15, -0.1) is 0 Å². The van der Waals surface area contributed by atoms with Crippen molar-refractivity contribution in [2.75, 3.05) is 11.9 Å². The quantitative estimate of drug-likeness (QED) is 0.841. The van der Waals surface area contributed by atoms with Crippen LogP contribution in [0.2, 0.25) is 0 Å². The molecule has 2 aromatic rings. The summed E-state index contributed by atoms with van der Waals surface area (Å²) in [5, 5.41) is 15.0. The normalized spacial score (nSPS) is 9.53. The van der Waals surface area contributed by atoms with Gasteiger partial charge in [0.05, 0.1) is 12.2 Å². The lowest BCUT2D eigenvalue weighted by Crippen LogP contribution is -2.12. The van der Waals surface area contributed by atoms with Gasteiger partial charge in [0.25, 0.3) is 5.91 Å². The van der Waals surface area contributed by atoms with Gasteiger partial charge >= 0.3 is 0 Å². The van der Waals surface area contributed by atoms with Crippen LogP contribution in [0.1, 0.15) is 22.5 Å². The van der Waals surface area contributed by atoms with Crippen LogP contribution in [-0.4, -0.2) is 22.6 Å². The zero-order valence-corrected chi connectivity index (χ0v) is 10.9. The molecule has 5 heteroatoms. The summed E-state index contributed by atoms with van der Waals surface area (Å²) in [6.45, 7) is 0.0293. The van der Waals surface area contributed by atoms with Crippen molar-refractivity contribution in [3.63, 3.8) is 0 Å². The Balaban J connectivity index is 2.07. The molecule has 0 bridgehead atoms. The number of hydrogen-bond donors (Lipinski definition) is 2. The molecule has 0 unspecified atom stereocenters. The number of aliphatic hydroxyl groups excluding tert-OH is 1. The van der Waals surface area contributed by atoms with Gasteiger partial charge in [0.15, 0.2) is 0 Å². The average Bonchev–Trinajstić information content (AvgIpc) is 2.93. The fourth-order valence-corrected chi connectivity index (χ4v) is 2.00. The summed E-state index contributed by atoms with van der Waals surface area (Å²) >= 11 is 1.47. The van der Waals surface area contributed by atoms with Crippen molar-refractivity contribution >= 4 is 23.1 Å². The number of aliphatic hydroxyl groups is 1. The van der Waals surface area contributed by atoms with Gasteiger partial charge in [0, 0.05) is 11.8 Å². The molecule has 0 aliphatic carbocycles. The highest BCUT2D eigenvalue weighted by Crippen LogP contribution is 2.10. The minimum absolute atomic E-state index is 0.0293. The van der Waals surface area contributed by atoms with Gasteiger partial charge in [0.2, 0.25) is 0 Å². The molecule has 2 N–H and O–H groups in total. The minimum Gasteiger partial charge on any atom is -0.395 e. The zero-order valence-electron chi connectivity index (χ0n) is 10.1. The Labute approximate surface area is 115 Å². The Kier molecular flexibility index (Phi) is 4.67. The molecule has 2 rings (SSSR count). The van der Waals surface area contributed by atoms with Crippen molar-refractivity contribution in [3.8, 4) is 11.8 Å². The Morgan fingerprint density at radius 3 is 3.05 bits per heavy atom. The Morgan fingerprint density at radius 1 is 1.42 bits per heavy atom. The molecule has 0 atom stereocenters. The first-order chi connectivity index (χ1) is 9.29. The van der Waals surface area contributed by atoms with E-state index in [1.165, 1.54) is 11.3 Å². The summed E-state index contributed by atoms with van der Waals surface area (Å²) in [6, 6.07) is 7.00. The number of nitrogens with zero attached hydrogens (tertiary/aromatic N) is 1. The monoisotopic (exact) mass is 272 g/mol. The molecule has 0 saturated heterocycles. The number of pyridine rings is 1. The van der Waals surface area contributed by atoms with E-state index < -0.39 is 0 Å². The summed E-state index contributed by atoms with van der Waals surface area (Å²) in [6.07, 6.45) is 0.410. The molecule has 0 spiro atoms. The van der Waals surface area contributed by atoms with Crippen LogP contribution in [0.3, 0.4) is 0 Å². The summed E-state index contributed by atoms with van der Waals surface area (Å²) in [7, 11) is 0. The molecule has 0 fully saturated rings. The predicted octanol–water partition coefficient (Wildman–Crippen LogP) is 2.13. The molecule has 2 aromatic heterocycles. The highest BCUT2D eigenvalue weighted by Gasteiger charge is 2.06. The van der Waals surface area contributed by atoms with E-state index in [0.29, 0.717) is 23.5 Å². The predicted molar refractivity (Wildman–Crippen MR) is 75.1 cm³/mol. The first-order valence-electron chi connectivity index (χ1n) is 5.70. The van der Waals surface area contributed by atoms with Crippen molar-refractivity contribution < 1.29 is 9.90 Å². The number of rotatable bonds is 3. The molecule has 2 heterocycles. The number of thiophene rings is 1. The van der Waals surface area contributed by atoms with Gasteiger partial charge in [-0.05, 0) is 29.5 Å². The first-order valence-corrected chi connectivity index (χ1v) is 6.64. The van der Waals surface area contributed by atoms with Crippen molar-refractivity contribution in [1.82, 2.24) is 4.98 Å².